The van der Waals surface area contributed by atoms with E-state index >= 15 is 0 Å². The van der Waals surface area contributed by atoms with E-state index in [0.717, 1.165) is 0 Å². The van der Waals surface area contributed by atoms with Gasteiger partial charge >= 0.3 is 0 Å². The second-order valence-electron chi connectivity index (χ2n) is 7.29. The minimum atomic E-state index is -0.454. The summed E-state index contributed by atoms with van der Waals surface area (Å²) in [6, 6.07) is 9.57. The Hall–Kier alpha value is -2.99. The van der Waals surface area contributed by atoms with E-state index in [2.05, 4.69) is 0 Å². The molecule has 6 nitrogen and oxygen atoms in total. The number of nitrogens with two attached hydrogens (primary N) is 1. The molecule has 0 saturated carbocycles. The first-order valence-corrected chi connectivity index (χ1v) is 8.64. The molecule has 3 aromatic rings. The first kappa shape index (κ1) is 18.8. The fraction of sp³-hybridized carbons (Fsp3) is 0.286. The Morgan fingerprint density at radius 3 is 2.37 bits per heavy atom. The number of phenols is 2. The molecule has 0 aliphatic heterocycles. The van der Waals surface area contributed by atoms with Gasteiger partial charge in [-0.25, -0.2) is 0 Å². The third kappa shape index (κ3) is 3.90. The minimum Gasteiger partial charge on any atom is -0.507 e. The average molecular weight is 369 g/mol. The van der Waals surface area contributed by atoms with Crippen LogP contribution in [0.5, 0.6) is 17.2 Å². The maximum absolute atomic E-state index is 12.6. The molecule has 1 heterocycles. The summed E-state index contributed by atoms with van der Waals surface area (Å²) in [7, 11) is 1.57. The van der Waals surface area contributed by atoms with Crippen molar-refractivity contribution >= 4 is 11.0 Å². The number of hydrogen-bond donors (Lipinski definition) is 3. The summed E-state index contributed by atoms with van der Waals surface area (Å²) in [4.78, 5) is 12.6. The van der Waals surface area contributed by atoms with E-state index < -0.39 is 5.54 Å². The lowest BCUT2D eigenvalue weighted by Gasteiger charge is -2.19. The predicted octanol–water partition coefficient (Wildman–Crippen LogP) is 3.55. The number of phenolic OH excluding ortho intramolecular Hbond substituents is 2. The molecule has 2 aromatic carbocycles. The van der Waals surface area contributed by atoms with Gasteiger partial charge in [-0.1, -0.05) is 0 Å². The normalized spacial score (nSPS) is 11.7. The van der Waals surface area contributed by atoms with Crippen molar-refractivity contribution in [2.24, 2.45) is 5.73 Å². The number of ether oxygens (including phenoxy) is 1. The minimum absolute atomic E-state index is 0.0508. The molecule has 3 rings (SSSR count). The zero-order valence-corrected chi connectivity index (χ0v) is 15.6. The Labute approximate surface area is 156 Å². The number of fused-ring (bicyclic) bond motifs is 1. The highest BCUT2D eigenvalue weighted by Gasteiger charge is 2.20. The van der Waals surface area contributed by atoms with Crippen molar-refractivity contribution in [1.29, 1.82) is 0 Å². The van der Waals surface area contributed by atoms with E-state index in [9.17, 15) is 15.0 Å². The molecule has 0 aliphatic rings. The van der Waals surface area contributed by atoms with Crippen LogP contribution in [-0.4, -0.2) is 22.9 Å². The Morgan fingerprint density at radius 2 is 1.78 bits per heavy atom. The number of methoxy groups -OCH3 is 1. The highest BCUT2D eigenvalue weighted by atomic mass is 16.5. The fourth-order valence-electron chi connectivity index (χ4n) is 2.94. The molecule has 0 aliphatic carbocycles. The number of benzene rings is 2. The van der Waals surface area contributed by atoms with Crippen molar-refractivity contribution in [2.45, 2.75) is 32.2 Å². The molecule has 0 radical (unpaired) electrons. The lowest BCUT2D eigenvalue weighted by molar-refractivity contribution is 0.415. The topological polar surface area (TPSA) is 106 Å². The van der Waals surface area contributed by atoms with E-state index in [1.54, 1.807) is 31.4 Å². The van der Waals surface area contributed by atoms with E-state index in [-0.39, 0.29) is 27.9 Å². The van der Waals surface area contributed by atoms with E-state index in [4.69, 9.17) is 14.9 Å². The fourth-order valence-corrected chi connectivity index (χ4v) is 2.94. The van der Waals surface area contributed by atoms with E-state index in [1.165, 1.54) is 12.1 Å². The molecule has 27 heavy (non-hydrogen) atoms. The van der Waals surface area contributed by atoms with Crippen molar-refractivity contribution < 1.29 is 19.4 Å². The molecule has 0 atom stereocenters. The Morgan fingerprint density at radius 1 is 1.11 bits per heavy atom. The van der Waals surface area contributed by atoms with Gasteiger partial charge in [0.15, 0.2) is 5.43 Å². The molecule has 0 spiro atoms. The van der Waals surface area contributed by atoms with Gasteiger partial charge in [-0.2, -0.15) is 0 Å². The number of rotatable bonds is 5. The maximum Gasteiger partial charge on any atom is 0.197 e. The first-order chi connectivity index (χ1) is 12.7. The van der Waals surface area contributed by atoms with Gasteiger partial charge in [0.1, 0.15) is 34.0 Å². The van der Waals surface area contributed by atoms with Crippen molar-refractivity contribution in [2.75, 3.05) is 7.11 Å². The SMILES string of the molecule is COc1ccc(-c2cc(=O)c3c(O)cc(O)c(CCC(C)(C)N)c3o2)cc1. The third-order valence-corrected chi connectivity index (χ3v) is 4.45. The largest absolute Gasteiger partial charge is 0.507 e. The van der Waals surface area contributed by atoms with Gasteiger partial charge < -0.3 is 25.1 Å². The maximum atomic E-state index is 12.6. The molecule has 6 heteroatoms. The van der Waals surface area contributed by atoms with Crippen LogP contribution < -0.4 is 15.9 Å². The number of hydrogen-bond acceptors (Lipinski definition) is 6. The summed E-state index contributed by atoms with van der Waals surface area (Å²) in [6.45, 7) is 3.76. The second-order valence-corrected chi connectivity index (χ2v) is 7.29. The summed E-state index contributed by atoms with van der Waals surface area (Å²) in [5.41, 5.74) is 6.53. The van der Waals surface area contributed by atoms with Gasteiger partial charge in [0, 0.05) is 28.8 Å². The van der Waals surface area contributed by atoms with Crippen molar-refractivity contribution in [3.63, 3.8) is 0 Å². The van der Waals surface area contributed by atoms with Crippen molar-refractivity contribution in [3.8, 4) is 28.6 Å². The Bertz CT molecular complexity index is 1030. The van der Waals surface area contributed by atoms with Crippen LogP contribution in [0.1, 0.15) is 25.8 Å². The molecule has 0 saturated heterocycles. The van der Waals surface area contributed by atoms with Crippen LogP contribution in [0, 0.1) is 0 Å². The van der Waals surface area contributed by atoms with Crippen LogP contribution >= 0.6 is 0 Å². The van der Waals surface area contributed by atoms with Crippen LogP contribution in [0.4, 0.5) is 0 Å². The van der Waals surface area contributed by atoms with Gasteiger partial charge in [0.05, 0.1) is 7.11 Å². The molecule has 0 bridgehead atoms. The lowest BCUT2D eigenvalue weighted by atomic mass is 9.94. The summed E-state index contributed by atoms with van der Waals surface area (Å²) in [6.07, 6.45) is 0.970. The van der Waals surface area contributed by atoms with Crippen molar-refractivity contribution in [3.05, 3.63) is 52.2 Å². The summed E-state index contributed by atoms with van der Waals surface area (Å²) >= 11 is 0. The van der Waals surface area contributed by atoms with Gasteiger partial charge in [-0.3, -0.25) is 4.79 Å². The van der Waals surface area contributed by atoms with Crippen LogP contribution in [0.25, 0.3) is 22.3 Å². The van der Waals surface area contributed by atoms with E-state index in [0.29, 0.717) is 35.5 Å². The monoisotopic (exact) mass is 369 g/mol. The van der Waals surface area contributed by atoms with Crippen LogP contribution in [0.3, 0.4) is 0 Å². The molecule has 1 aromatic heterocycles. The Kier molecular flexibility index (Phi) is 4.85. The molecular formula is C21H23NO5. The number of aromatic hydroxyl groups is 2. The molecular weight excluding hydrogens is 346 g/mol. The zero-order valence-electron chi connectivity index (χ0n) is 15.6. The molecule has 142 valence electrons. The van der Waals surface area contributed by atoms with Gasteiger partial charge in [-0.15, -0.1) is 0 Å². The summed E-state index contributed by atoms with van der Waals surface area (Å²) in [5.74, 6) is 0.587. The smallest absolute Gasteiger partial charge is 0.197 e. The highest BCUT2D eigenvalue weighted by molar-refractivity contribution is 5.89. The average Bonchev–Trinajstić information content (AvgIpc) is 2.59. The van der Waals surface area contributed by atoms with Crippen LogP contribution in [0.15, 0.2) is 45.6 Å². The van der Waals surface area contributed by atoms with Gasteiger partial charge in [-0.05, 0) is 51.0 Å². The second kappa shape index (κ2) is 6.96. The van der Waals surface area contributed by atoms with Crippen LogP contribution in [0.2, 0.25) is 0 Å². The summed E-state index contributed by atoms with van der Waals surface area (Å²) in [5, 5.41) is 20.5. The van der Waals surface area contributed by atoms with Crippen LogP contribution in [-0.2, 0) is 6.42 Å². The molecule has 0 amide bonds. The quantitative estimate of drug-likeness (QED) is 0.635. The molecule has 0 unspecified atom stereocenters. The molecule has 0 fully saturated rings. The standard InChI is InChI=1S/C21H23NO5/c1-21(2,22)9-8-14-15(23)10-16(24)19-17(25)11-18(27-20(14)19)12-4-6-13(26-3)7-5-12/h4-7,10-11,23-24H,8-9,22H2,1-3H3. The number of aryl methyl sites for hydroxylation is 1. The van der Waals surface area contributed by atoms with E-state index in [1.807, 2.05) is 13.8 Å². The van der Waals surface area contributed by atoms with Crippen molar-refractivity contribution in [1.82, 2.24) is 0 Å². The third-order valence-electron chi connectivity index (χ3n) is 4.45. The lowest BCUT2D eigenvalue weighted by Crippen LogP contribution is -2.32. The zero-order chi connectivity index (χ0) is 19.8. The van der Waals surface area contributed by atoms with Gasteiger partial charge in [0.25, 0.3) is 0 Å². The predicted molar refractivity (Wildman–Crippen MR) is 104 cm³/mol. The first-order valence-electron chi connectivity index (χ1n) is 8.64. The van der Waals surface area contributed by atoms with Gasteiger partial charge in [0.2, 0.25) is 0 Å². The summed E-state index contributed by atoms with van der Waals surface area (Å²) < 4.78 is 11.1. The molecule has 4 N–H and O–H groups in total. The Balaban J connectivity index is 2.20. The highest BCUT2D eigenvalue weighted by Crippen LogP contribution is 2.36.